The van der Waals surface area contributed by atoms with Crippen LogP contribution in [0.1, 0.15) is 35.7 Å². The maximum atomic E-state index is 12.5. The zero-order valence-corrected chi connectivity index (χ0v) is 15.4. The molecule has 0 amide bonds. The van der Waals surface area contributed by atoms with E-state index in [1.165, 1.54) is 7.11 Å². The van der Waals surface area contributed by atoms with Crippen LogP contribution in [0.2, 0.25) is 0 Å². The summed E-state index contributed by atoms with van der Waals surface area (Å²) in [5.74, 6) is -0.794. The number of fused-ring (bicyclic) bond motifs is 1. The van der Waals surface area contributed by atoms with Gasteiger partial charge < -0.3 is 14.4 Å². The van der Waals surface area contributed by atoms with Crippen molar-refractivity contribution in [3.63, 3.8) is 0 Å². The van der Waals surface area contributed by atoms with Crippen LogP contribution in [-0.4, -0.2) is 43.7 Å². The molecule has 2 heterocycles. The van der Waals surface area contributed by atoms with Crippen LogP contribution in [-0.2, 0) is 14.3 Å². The number of hydrogen-bond acceptors (Lipinski definition) is 6. The van der Waals surface area contributed by atoms with Gasteiger partial charge in [-0.3, -0.25) is 9.78 Å². The molecular weight excluding hydrogens is 332 g/mol. The number of piperidine rings is 1. The van der Waals surface area contributed by atoms with E-state index in [-0.39, 0.29) is 11.9 Å². The van der Waals surface area contributed by atoms with Gasteiger partial charge in [0.25, 0.3) is 0 Å². The van der Waals surface area contributed by atoms with Crippen LogP contribution in [0, 0.1) is 12.8 Å². The van der Waals surface area contributed by atoms with E-state index in [2.05, 4.69) is 9.88 Å². The number of anilines is 1. The van der Waals surface area contributed by atoms with Crippen molar-refractivity contribution in [3.8, 4) is 0 Å². The van der Waals surface area contributed by atoms with E-state index in [9.17, 15) is 9.59 Å². The molecule has 0 radical (unpaired) electrons. The minimum absolute atomic E-state index is 0.197. The molecule has 0 saturated carbocycles. The van der Waals surface area contributed by atoms with Gasteiger partial charge in [-0.1, -0.05) is 11.6 Å². The van der Waals surface area contributed by atoms with Crippen molar-refractivity contribution < 1.29 is 19.1 Å². The second kappa shape index (κ2) is 7.72. The minimum Gasteiger partial charge on any atom is -0.469 e. The fourth-order valence-electron chi connectivity index (χ4n) is 3.53. The molecule has 6 nitrogen and oxygen atoms in total. The maximum absolute atomic E-state index is 12.5. The summed E-state index contributed by atoms with van der Waals surface area (Å²) in [5.41, 5.74) is 3.14. The molecule has 1 atom stereocenters. The first-order valence-electron chi connectivity index (χ1n) is 8.94. The Morgan fingerprint density at radius 3 is 2.88 bits per heavy atom. The van der Waals surface area contributed by atoms with Crippen LogP contribution >= 0.6 is 0 Å². The molecule has 1 aliphatic rings. The Balaban J connectivity index is 2.11. The van der Waals surface area contributed by atoms with Crippen LogP contribution in [0.25, 0.3) is 10.9 Å². The van der Waals surface area contributed by atoms with Crippen molar-refractivity contribution in [1.82, 2.24) is 4.98 Å². The standard InChI is InChI=1S/C20H24N2O4/c1-4-26-20(24)16-11-21-17-8-7-13(2)10-15(17)18(16)22-9-5-6-14(12-22)19(23)25-3/h7-8,10-11,14H,4-6,9,12H2,1-3H3/t14-/m0/s1. The Morgan fingerprint density at radius 2 is 2.15 bits per heavy atom. The highest BCUT2D eigenvalue weighted by Gasteiger charge is 2.30. The third kappa shape index (κ3) is 3.49. The number of aryl methyl sites for hydroxylation is 1. The Bertz CT molecular complexity index is 834. The van der Waals surface area contributed by atoms with Gasteiger partial charge in [0.05, 0.1) is 30.8 Å². The number of nitrogens with zero attached hydrogens (tertiary/aromatic N) is 2. The lowest BCUT2D eigenvalue weighted by atomic mass is 9.96. The summed E-state index contributed by atoms with van der Waals surface area (Å²) in [5, 5.41) is 0.904. The molecule has 0 N–H and O–H groups in total. The van der Waals surface area contributed by atoms with Gasteiger partial charge in [-0.2, -0.15) is 0 Å². The first-order valence-corrected chi connectivity index (χ1v) is 8.94. The number of hydrogen-bond donors (Lipinski definition) is 0. The number of carbonyl (C=O) groups excluding carboxylic acids is 2. The summed E-state index contributed by atoms with van der Waals surface area (Å²) in [6.07, 6.45) is 3.23. The van der Waals surface area contributed by atoms with Gasteiger partial charge in [0.15, 0.2) is 0 Å². The van der Waals surface area contributed by atoms with Crippen LogP contribution in [0.3, 0.4) is 0 Å². The van der Waals surface area contributed by atoms with Gasteiger partial charge in [0.1, 0.15) is 5.56 Å². The van der Waals surface area contributed by atoms with Gasteiger partial charge in [0.2, 0.25) is 0 Å². The van der Waals surface area contributed by atoms with E-state index in [1.807, 2.05) is 25.1 Å². The highest BCUT2D eigenvalue weighted by molar-refractivity contribution is 6.05. The largest absolute Gasteiger partial charge is 0.469 e. The van der Waals surface area contributed by atoms with Crippen molar-refractivity contribution in [1.29, 1.82) is 0 Å². The fraction of sp³-hybridized carbons (Fsp3) is 0.450. The summed E-state index contributed by atoms with van der Waals surface area (Å²) in [4.78, 5) is 31.1. The van der Waals surface area contributed by atoms with Gasteiger partial charge in [-0.25, -0.2) is 4.79 Å². The van der Waals surface area contributed by atoms with E-state index in [0.29, 0.717) is 18.7 Å². The summed E-state index contributed by atoms with van der Waals surface area (Å²) in [6, 6.07) is 5.98. The molecule has 0 bridgehead atoms. The number of carbonyl (C=O) groups is 2. The average molecular weight is 356 g/mol. The second-order valence-corrected chi connectivity index (χ2v) is 6.57. The number of pyridine rings is 1. The number of esters is 2. The van der Waals surface area contributed by atoms with Crippen LogP contribution in [0.5, 0.6) is 0 Å². The molecule has 3 rings (SSSR count). The van der Waals surface area contributed by atoms with Gasteiger partial charge in [0, 0.05) is 24.7 Å². The molecule has 2 aromatic rings. The Labute approximate surface area is 153 Å². The first kappa shape index (κ1) is 18.2. The molecule has 0 aliphatic carbocycles. The zero-order chi connectivity index (χ0) is 18.7. The molecule has 1 aromatic carbocycles. The van der Waals surface area contributed by atoms with E-state index in [0.717, 1.165) is 41.5 Å². The number of ether oxygens (including phenoxy) is 2. The van der Waals surface area contributed by atoms with E-state index < -0.39 is 5.97 Å². The van der Waals surface area contributed by atoms with Crippen molar-refractivity contribution in [2.75, 3.05) is 31.7 Å². The minimum atomic E-state index is -0.390. The Hall–Kier alpha value is -2.63. The quantitative estimate of drug-likeness (QED) is 0.784. The smallest absolute Gasteiger partial charge is 0.341 e. The molecule has 6 heteroatoms. The van der Waals surface area contributed by atoms with Crippen LogP contribution in [0.15, 0.2) is 24.4 Å². The van der Waals surface area contributed by atoms with E-state index in [4.69, 9.17) is 9.47 Å². The lowest BCUT2D eigenvalue weighted by Crippen LogP contribution is -2.40. The highest BCUT2D eigenvalue weighted by atomic mass is 16.5. The summed E-state index contributed by atoms with van der Waals surface area (Å²) < 4.78 is 10.2. The van der Waals surface area contributed by atoms with Gasteiger partial charge in [-0.05, 0) is 38.8 Å². The SMILES string of the molecule is CCOC(=O)c1cnc2ccc(C)cc2c1N1CCC[C@H](C(=O)OC)C1. The number of benzene rings is 1. The Morgan fingerprint density at radius 1 is 1.35 bits per heavy atom. The first-order chi connectivity index (χ1) is 12.5. The lowest BCUT2D eigenvalue weighted by molar-refractivity contribution is -0.145. The zero-order valence-electron chi connectivity index (χ0n) is 15.4. The normalized spacial score (nSPS) is 17.2. The number of methoxy groups -OCH3 is 1. The molecule has 138 valence electrons. The van der Waals surface area contributed by atoms with E-state index in [1.54, 1.807) is 13.1 Å². The molecule has 0 unspecified atom stereocenters. The molecule has 26 heavy (non-hydrogen) atoms. The molecular formula is C20H24N2O4. The van der Waals surface area contributed by atoms with Crippen molar-refractivity contribution in [2.24, 2.45) is 5.92 Å². The topological polar surface area (TPSA) is 68.7 Å². The molecule has 1 aromatic heterocycles. The monoisotopic (exact) mass is 356 g/mol. The molecule has 1 saturated heterocycles. The Kier molecular flexibility index (Phi) is 5.40. The summed E-state index contributed by atoms with van der Waals surface area (Å²) in [7, 11) is 1.41. The third-order valence-electron chi connectivity index (χ3n) is 4.76. The van der Waals surface area contributed by atoms with Crippen molar-refractivity contribution in [2.45, 2.75) is 26.7 Å². The third-order valence-corrected chi connectivity index (χ3v) is 4.76. The van der Waals surface area contributed by atoms with Gasteiger partial charge in [-0.15, -0.1) is 0 Å². The second-order valence-electron chi connectivity index (χ2n) is 6.57. The van der Waals surface area contributed by atoms with Crippen molar-refractivity contribution >= 4 is 28.5 Å². The van der Waals surface area contributed by atoms with Gasteiger partial charge >= 0.3 is 11.9 Å². The molecule has 1 aliphatic heterocycles. The average Bonchev–Trinajstić information content (AvgIpc) is 2.66. The molecule has 0 spiro atoms. The summed E-state index contributed by atoms with van der Waals surface area (Å²) in [6.45, 7) is 5.38. The number of aromatic nitrogens is 1. The number of rotatable bonds is 4. The van der Waals surface area contributed by atoms with Crippen LogP contribution in [0.4, 0.5) is 5.69 Å². The highest BCUT2D eigenvalue weighted by Crippen LogP contribution is 2.34. The fourth-order valence-corrected chi connectivity index (χ4v) is 3.53. The molecule has 1 fully saturated rings. The predicted molar refractivity (Wildman–Crippen MR) is 99.4 cm³/mol. The van der Waals surface area contributed by atoms with Crippen molar-refractivity contribution in [3.05, 3.63) is 35.5 Å². The summed E-state index contributed by atoms with van der Waals surface area (Å²) >= 11 is 0. The predicted octanol–water partition coefficient (Wildman–Crippen LogP) is 3.11. The van der Waals surface area contributed by atoms with Crippen LogP contribution < -0.4 is 4.90 Å². The van der Waals surface area contributed by atoms with E-state index >= 15 is 0 Å². The maximum Gasteiger partial charge on any atom is 0.341 e. The lowest BCUT2D eigenvalue weighted by Gasteiger charge is -2.34.